The number of hydrogen-bond donors (Lipinski definition) is 0. The number of carbonyl (C=O) groups is 1. The van der Waals surface area contributed by atoms with Crippen LogP contribution in [-0.4, -0.2) is 33.7 Å². The first-order valence-corrected chi connectivity index (χ1v) is 7.02. The molecule has 0 N–H and O–H groups in total. The number of piperidine rings is 1. The lowest BCUT2D eigenvalue weighted by molar-refractivity contribution is 0.0690. The van der Waals surface area contributed by atoms with Crippen LogP contribution in [0.4, 0.5) is 0 Å². The third-order valence-corrected chi connectivity index (χ3v) is 3.94. The van der Waals surface area contributed by atoms with Crippen molar-refractivity contribution in [1.29, 1.82) is 0 Å². The van der Waals surface area contributed by atoms with Crippen LogP contribution in [0.15, 0.2) is 28.9 Å². The molecule has 1 aliphatic heterocycles. The molecule has 2 aromatic rings. The minimum Gasteiger partial charge on any atom is -0.463 e. The van der Waals surface area contributed by atoms with E-state index in [1.807, 2.05) is 24.1 Å². The summed E-state index contributed by atoms with van der Waals surface area (Å²) in [5.74, 6) is 1.46. The number of furan rings is 1. The minimum absolute atomic E-state index is 0.0188. The number of nitrogens with zero attached hydrogens (tertiary/aromatic N) is 3. The van der Waals surface area contributed by atoms with E-state index in [9.17, 15) is 4.79 Å². The summed E-state index contributed by atoms with van der Waals surface area (Å²) in [7, 11) is 1.83. The van der Waals surface area contributed by atoms with Crippen LogP contribution in [0.25, 0.3) is 11.5 Å². The van der Waals surface area contributed by atoms with E-state index in [-0.39, 0.29) is 5.91 Å². The van der Waals surface area contributed by atoms with Crippen LogP contribution in [0.2, 0.25) is 0 Å². The summed E-state index contributed by atoms with van der Waals surface area (Å²) in [5.41, 5.74) is 1.32. The molecule has 2 aromatic heterocycles. The molecule has 0 spiro atoms. The normalized spacial score (nSPS) is 16.6. The van der Waals surface area contributed by atoms with Gasteiger partial charge in [0.2, 0.25) is 0 Å². The Balaban J connectivity index is 1.81. The number of carbonyl (C=O) groups excluding carboxylic acids is 1. The Labute approximate surface area is 118 Å². The highest BCUT2D eigenvalue weighted by Crippen LogP contribution is 2.22. The molecular formula is C15H19N3O2. The molecule has 0 saturated carbocycles. The second-order valence-electron chi connectivity index (χ2n) is 5.49. The molecular weight excluding hydrogens is 254 g/mol. The number of amides is 1. The maximum atomic E-state index is 12.5. The lowest BCUT2D eigenvalue weighted by Gasteiger charge is -2.29. The highest BCUT2D eigenvalue weighted by Gasteiger charge is 2.24. The van der Waals surface area contributed by atoms with E-state index in [0.29, 0.717) is 11.6 Å². The van der Waals surface area contributed by atoms with Crippen molar-refractivity contribution in [3.05, 3.63) is 30.2 Å². The number of hydrogen-bond acceptors (Lipinski definition) is 3. The molecule has 0 radical (unpaired) electrons. The Hall–Kier alpha value is -2.04. The lowest BCUT2D eigenvalue weighted by Crippen LogP contribution is -2.38. The molecule has 5 nitrogen and oxygen atoms in total. The van der Waals surface area contributed by atoms with Gasteiger partial charge < -0.3 is 9.32 Å². The first-order chi connectivity index (χ1) is 9.65. The minimum atomic E-state index is 0.0188. The number of aryl methyl sites for hydroxylation is 1. The van der Waals surface area contributed by atoms with Crippen LogP contribution in [0.5, 0.6) is 0 Å². The zero-order valence-corrected chi connectivity index (χ0v) is 11.9. The van der Waals surface area contributed by atoms with E-state index in [1.165, 1.54) is 0 Å². The first-order valence-electron chi connectivity index (χ1n) is 7.02. The predicted octanol–water partition coefficient (Wildman–Crippen LogP) is 2.55. The second kappa shape index (κ2) is 5.15. The third-order valence-electron chi connectivity index (χ3n) is 3.94. The smallest absolute Gasteiger partial charge is 0.274 e. The van der Waals surface area contributed by atoms with Gasteiger partial charge in [-0.25, -0.2) is 0 Å². The Bertz CT molecular complexity index is 593. The van der Waals surface area contributed by atoms with Crippen molar-refractivity contribution in [3.8, 4) is 11.5 Å². The number of likely N-dealkylation sites (tertiary alicyclic amines) is 1. The summed E-state index contributed by atoms with van der Waals surface area (Å²) in [6.45, 7) is 3.89. The van der Waals surface area contributed by atoms with Crippen LogP contribution >= 0.6 is 0 Å². The average Bonchev–Trinajstić information content (AvgIpc) is 3.07. The van der Waals surface area contributed by atoms with Crippen LogP contribution in [-0.2, 0) is 7.05 Å². The van der Waals surface area contributed by atoms with Crippen molar-refractivity contribution in [3.63, 3.8) is 0 Å². The van der Waals surface area contributed by atoms with Gasteiger partial charge in [-0.2, -0.15) is 5.10 Å². The monoisotopic (exact) mass is 273 g/mol. The molecule has 1 saturated heterocycles. The van der Waals surface area contributed by atoms with E-state index >= 15 is 0 Å². The van der Waals surface area contributed by atoms with Gasteiger partial charge >= 0.3 is 0 Å². The fourth-order valence-corrected chi connectivity index (χ4v) is 2.60. The highest BCUT2D eigenvalue weighted by molar-refractivity contribution is 5.93. The molecule has 0 aliphatic carbocycles. The summed E-state index contributed by atoms with van der Waals surface area (Å²) in [6.07, 6.45) is 3.77. The number of rotatable bonds is 2. The lowest BCUT2D eigenvalue weighted by atomic mass is 9.99. The quantitative estimate of drug-likeness (QED) is 0.845. The predicted molar refractivity (Wildman–Crippen MR) is 75.2 cm³/mol. The molecule has 5 heteroatoms. The zero-order chi connectivity index (χ0) is 14.1. The summed E-state index contributed by atoms with van der Waals surface area (Å²) in [6, 6.07) is 5.50. The van der Waals surface area contributed by atoms with Crippen molar-refractivity contribution in [2.45, 2.75) is 19.8 Å². The highest BCUT2D eigenvalue weighted by atomic mass is 16.3. The molecule has 0 aromatic carbocycles. The van der Waals surface area contributed by atoms with Crippen molar-refractivity contribution in [2.24, 2.45) is 13.0 Å². The standard InChI is InChI=1S/C15H19N3O2/c1-11-5-7-18(8-6-11)15(19)12-10-13(17(2)16-12)14-4-3-9-20-14/h3-4,9-11H,5-8H2,1-2H3. The topological polar surface area (TPSA) is 51.3 Å². The van der Waals surface area contributed by atoms with Gasteiger partial charge in [0.15, 0.2) is 11.5 Å². The van der Waals surface area contributed by atoms with Crippen LogP contribution in [0.3, 0.4) is 0 Å². The van der Waals surface area contributed by atoms with Gasteiger partial charge in [0.05, 0.1) is 6.26 Å². The Kier molecular flexibility index (Phi) is 3.34. The maximum Gasteiger partial charge on any atom is 0.274 e. The molecule has 1 aliphatic rings. The fraction of sp³-hybridized carbons (Fsp3) is 0.467. The van der Waals surface area contributed by atoms with Gasteiger partial charge in [-0.3, -0.25) is 9.48 Å². The summed E-state index contributed by atoms with van der Waals surface area (Å²) in [4.78, 5) is 14.4. The molecule has 3 heterocycles. The molecule has 20 heavy (non-hydrogen) atoms. The Morgan fingerprint density at radius 1 is 1.40 bits per heavy atom. The Morgan fingerprint density at radius 3 is 2.80 bits per heavy atom. The molecule has 0 atom stereocenters. The average molecular weight is 273 g/mol. The molecule has 1 amide bonds. The van der Waals surface area contributed by atoms with E-state index < -0.39 is 0 Å². The van der Waals surface area contributed by atoms with Gasteiger partial charge in [-0.1, -0.05) is 6.92 Å². The van der Waals surface area contributed by atoms with Crippen LogP contribution in [0, 0.1) is 5.92 Å². The molecule has 106 valence electrons. The molecule has 0 unspecified atom stereocenters. The van der Waals surface area contributed by atoms with Crippen molar-refractivity contribution in [1.82, 2.24) is 14.7 Å². The van der Waals surface area contributed by atoms with Crippen molar-refractivity contribution in [2.75, 3.05) is 13.1 Å². The summed E-state index contributed by atoms with van der Waals surface area (Å²) in [5, 5.41) is 4.33. The fourth-order valence-electron chi connectivity index (χ4n) is 2.60. The first kappa shape index (κ1) is 13.0. The molecule has 1 fully saturated rings. The molecule has 3 rings (SSSR count). The maximum absolute atomic E-state index is 12.5. The van der Waals surface area contributed by atoms with Crippen LogP contribution in [0.1, 0.15) is 30.3 Å². The second-order valence-corrected chi connectivity index (χ2v) is 5.49. The van der Waals surface area contributed by atoms with Crippen LogP contribution < -0.4 is 0 Å². The SMILES string of the molecule is CC1CCN(C(=O)c2cc(-c3ccco3)n(C)n2)CC1. The van der Waals surface area contributed by atoms with Crippen molar-refractivity contribution < 1.29 is 9.21 Å². The zero-order valence-electron chi connectivity index (χ0n) is 11.9. The van der Waals surface area contributed by atoms with Gasteiger partial charge in [0, 0.05) is 26.2 Å². The van der Waals surface area contributed by atoms with Gasteiger partial charge in [0.1, 0.15) is 5.69 Å². The Morgan fingerprint density at radius 2 is 2.15 bits per heavy atom. The van der Waals surface area contributed by atoms with E-state index in [1.54, 1.807) is 17.0 Å². The number of aromatic nitrogens is 2. The largest absolute Gasteiger partial charge is 0.463 e. The van der Waals surface area contributed by atoms with E-state index in [4.69, 9.17) is 4.42 Å². The van der Waals surface area contributed by atoms with Gasteiger partial charge in [-0.15, -0.1) is 0 Å². The summed E-state index contributed by atoms with van der Waals surface area (Å²) >= 11 is 0. The van der Waals surface area contributed by atoms with E-state index in [0.717, 1.165) is 37.4 Å². The van der Waals surface area contributed by atoms with Gasteiger partial charge in [0.25, 0.3) is 5.91 Å². The molecule has 0 bridgehead atoms. The van der Waals surface area contributed by atoms with E-state index in [2.05, 4.69) is 12.0 Å². The third kappa shape index (κ3) is 2.35. The summed E-state index contributed by atoms with van der Waals surface area (Å²) < 4.78 is 7.06. The van der Waals surface area contributed by atoms with Gasteiger partial charge in [-0.05, 0) is 30.9 Å². The van der Waals surface area contributed by atoms with Crippen molar-refractivity contribution >= 4 is 5.91 Å².